The maximum absolute atomic E-state index is 15.1. The van der Waals surface area contributed by atoms with Gasteiger partial charge in [-0.3, -0.25) is 0 Å². The summed E-state index contributed by atoms with van der Waals surface area (Å²) < 4.78 is 50.4. The van der Waals surface area contributed by atoms with Crippen LogP contribution in [0.4, 0.5) is 8.78 Å². The molecule has 0 N–H and O–H groups in total. The van der Waals surface area contributed by atoms with Crippen LogP contribution in [0.15, 0.2) is 97.6 Å². The quantitative estimate of drug-likeness (QED) is 0.0928. The van der Waals surface area contributed by atoms with E-state index in [9.17, 15) is 18.8 Å². The van der Waals surface area contributed by atoms with Crippen LogP contribution in [0.1, 0.15) is 22.8 Å². The highest BCUT2D eigenvalue weighted by Crippen LogP contribution is 2.33. The second-order valence-electron chi connectivity index (χ2n) is 8.84. The summed E-state index contributed by atoms with van der Waals surface area (Å²) in [6.07, 6.45) is 1.03. The summed E-state index contributed by atoms with van der Waals surface area (Å²) >= 11 is 0. The van der Waals surface area contributed by atoms with Gasteiger partial charge in [-0.1, -0.05) is 43.5 Å². The number of rotatable bonds is 10. The largest absolute Gasteiger partial charge is 0.458 e. The molecule has 4 rings (SSSR count). The van der Waals surface area contributed by atoms with Gasteiger partial charge in [0.1, 0.15) is 12.4 Å². The molecule has 0 heterocycles. The Morgan fingerprint density at radius 1 is 0.854 bits per heavy atom. The first-order valence-electron chi connectivity index (χ1n) is 12.2. The maximum atomic E-state index is 15.1. The van der Waals surface area contributed by atoms with E-state index in [0.29, 0.717) is 16.9 Å². The Morgan fingerprint density at radius 2 is 1.56 bits per heavy atom. The molecule has 0 atom stereocenters. The van der Waals surface area contributed by atoms with Crippen molar-refractivity contribution in [1.82, 2.24) is 0 Å². The Morgan fingerprint density at radius 3 is 2.27 bits per heavy atom. The van der Waals surface area contributed by atoms with Crippen molar-refractivity contribution in [2.24, 2.45) is 0 Å². The Labute approximate surface area is 234 Å². The Hall–Kier alpha value is -5.31. The fourth-order valence-electron chi connectivity index (χ4n) is 3.70. The third-order valence-electron chi connectivity index (χ3n) is 5.87. The van der Waals surface area contributed by atoms with Gasteiger partial charge in [0, 0.05) is 17.2 Å². The van der Waals surface area contributed by atoms with Gasteiger partial charge < -0.3 is 18.9 Å². The van der Waals surface area contributed by atoms with E-state index < -0.39 is 35.3 Å². The van der Waals surface area contributed by atoms with Crippen LogP contribution in [0.2, 0.25) is 0 Å². The molecule has 0 aliphatic carbocycles. The zero-order valence-electron chi connectivity index (χ0n) is 21.9. The summed E-state index contributed by atoms with van der Waals surface area (Å²) in [5.41, 5.74) is 1.35. The van der Waals surface area contributed by atoms with Crippen molar-refractivity contribution in [2.45, 2.75) is 13.5 Å². The summed E-state index contributed by atoms with van der Waals surface area (Å²) in [7, 11) is 0. The fraction of sp³-hybridized carbons (Fsp3) is 0.0938. The Bertz CT molecular complexity index is 1660. The molecule has 0 radical (unpaired) electrons. The molecule has 0 aliphatic rings. The number of fused-ring (bicyclic) bond motifs is 1. The van der Waals surface area contributed by atoms with Crippen molar-refractivity contribution in [1.29, 1.82) is 0 Å². The zero-order chi connectivity index (χ0) is 29.5. The molecule has 0 aromatic heterocycles. The van der Waals surface area contributed by atoms with E-state index >= 15 is 4.39 Å². The zero-order valence-corrected chi connectivity index (χ0v) is 21.9. The molecule has 7 nitrogen and oxygen atoms in total. The van der Waals surface area contributed by atoms with Crippen molar-refractivity contribution < 1.29 is 42.1 Å². The van der Waals surface area contributed by atoms with Crippen LogP contribution >= 0.6 is 0 Å². The maximum Gasteiger partial charge on any atom is 0.343 e. The topological polar surface area (TPSA) is 88.1 Å². The summed E-state index contributed by atoms with van der Waals surface area (Å²) in [5.74, 6) is -4.62. The standard InChI is InChI=1S/C32H24F2O7/c1-4-28(35)38-17-20-5-7-21(8-6-20)32(37)41-27-14-13-26(29(33)30(27)34)24-10-9-23-16-25(12-11-22(23)15-24)39-18-40-31(36)19(2)3/h4-16H,1-2,17-18H2,3H3. The molecule has 208 valence electrons. The lowest BCUT2D eigenvalue weighted by atomic mass is 10.0. The normalized spacial score (nSPS) is 10.5. The Kier molecular flexibility index (Phi) is 8.88. The lowest BCUT2D eigenvalue weighted by Crippen LogP contribution is -2.10. The SMILES string of the molecule is C=CC(=O)OCc1ccc(C(=O)Oc2ccc(-c3ccc4cc(OCOC(=O)C(=C)C)ccc4c3)c(F)c2F)cc1. The number of carbonyl (C=O) groups excluding carboxylic acids is 3. The number of hydrogen-bond donors (Lipinski definition) is 0. The number of carbonyl (C=O) groups is 3. The van der Waals surface area contributed by atoms with Crippen LogP contribution in [-0.2, 0) is 25.7 Å². The minimum atomic E-state index is -1.31. The molecule has 0 amide bonds. The van der Waals surface area contributed by atoms with Crippen molar-refractivity contribution in [3.63, 3.8) is 0 Å². The predicted octanol–water partition coefficient (Wildman–Crippen LogP) is 6.69. The van der Waals surface area contributed by atoms with Gasteiger partial charge in [0.25, 0.3) is 0 Å². The molecule has 9 heteroatoms. The summed E-state index contributed by atoms with van der Waals surface area (Å²) in [6, 6.07) is 18.5. The van der Waals surface area contributed by atoms with Gasteiger partial charge >= 0.3 is 17.9 Å². The van der Waals surface area contributed by atoms with Gasteiger partial charge in [0.15, 0.2) is 11.6 Å². The molecule has 0 bridgehead atoms. The first kappa shape index (κ1) is 28.7. The van der Waals surface area contributed by atoms with Crippen molar-refractivity contribution >= 4 is 28.7 Å². The first-order valence-corrected chi connectivity index (χ1v) is 12.2. The predicted molar refractivity (Wildman–Crippen MR) is 147 cm³/mol. The fourth-order valence-corrected chi connectivity index (χ4v) is 3.70. The van der Waals surface area contributed by atoms with Crippen LogP contribution in [-0.4, -0.2) is 24.7 Å². The van der Waals surface area contributed by atoms with E-state index in [4.69, 9.17) is 18.9 Å². The highest BCUT2D eigenvalue weighted by Gasteiger charge is 2.19. The van der Waals surface area contributed by atoms with Crippen molar-refractivity contribution in [3.8, 4) is 22.6 Å². The van der Waals surface area contributed by atoms with Crippen LogP contribution in [0.3, 0.4) is 0 Å². The number of halogens is 2. The second kappa shape index (κ2) is 12.7. The molecule has 4 aromatic carbocycles. The van der Waals surface area contributed by atoms with E-state index in [0.717, 1.165) is 16.8 Å². The molecule has 0 saturated heterocycles. The molecule has 0 fully saturated rings. The molecule has 0 saturated carbocycles. The molecular weight excluding hydrogens is 534 g/mol. The van der Waals surface area contributed by atoms with Crippen LogP contribution in [0.25, 0.3) is 21.9 Å². The minimum Gasteiger partial charge on any atom is -0.458 e. The van der Waals surface area contributed by atoms with Crippen LogP contribution < -0.4 is 9.47 Å². The van der Waals surface area contributed by atoms with Gasteiger partial charge in [0.05, 0.1) is 5.56 Å². The van der Waals surface area contributed by atoms with E-state index in [2.05, 4.69) is 13.2 Å². The third kappa shape index (κ3) is 7.02. The van der Waals surface area contributed by atoms with E-state index in [-0.39, 0.29) is 30.1 Å². The highest BCUT2D eigenvalue weighted by atomic mass is 19.2. The molecule has 0 unspecified atom stereocenters. The molecule has 4 aromatic rings. The lowest BCUT2D eigenvalue weighted by molar-refractivity contribution is -0.145. The molecule has 41 heavy (non-hydrogen) atoms. The van der Waals surface area contributed by atoms with E-state index in [1.54, 1.807) is 48.5 Å². The second-order valence-corrected chi connectivity index (χ2v) is 8.84. The summed E-state index contributed by atoms with van der Waals surface area (Å²) in [5, 5.41) is 1.49. The molecule has 0 spiro atoms. The molecular formula is C32H24F2O7. The van der Waals surface area contributed by atoms with E-state index in [1.165, 1.54) is 31.2 Å². The number of esters is 3. The van der Waals surface area contributed by atoms with Gasteiger partial charge in [-0.25, -0.2) is 18.8 Å². The van der Waals surface area contributed by atoms with E-state index in [1.807, 2.05) is 0 Å². The monoisotopic (exact) mass is 558 g/mol. The number of hydrogen-bond acceptors (Lipinski definition) is 7. The smallest absolute Gasteiger partial charge is 0.343 e. The number of benzene rings is 4. The summed E-state index contributed by atoms with van der Waals surface area (Å²) in [6.45, 7) is 8.03. The van der Waals surface area contributed by atoms with Crippen molar-refractivity contribution in [3.05, 3.63) is 120 Å². The average molecular weight is 559 g/mol. The number of ether oxygens (including phenoxy) is 4. The average Bonchev–Trinajstić information content (AvgIpc) is 2.98. The molecule has 0 aliphatic heterocycles. The highest BCUT2D eigenvalue weighted by molar-refractivity contribution is 5.91. The van der Waals surface area contributed by atoms with Gasteiger partial charge in [-0.05, 0) is 71.3 Å². The van der Waals surface area contributed by atoms with Gasteiger partial charge in [0.2, 0.25) is 12.6 Å². The Balaban J connectivity index is 1.45. The first-order chi connectivity index (χ1) is 19.7. The van der Waals surface area contributed by atoms with Crippen LogP contribution in [0, 0.1) is 11.6 Å². The summed E-state index contributed by atoms with van der Waals surface area (Å²) in [4.78, 5) is 35.1. The van der Waals surface area contributed by atoms with Gasteiger partial charge in [-0.2, -0.15) is 4.39 Å². The van der Waals surface area contributed by atoms with Crippen molar-refractivity contribution in [2.75, 3.05) is 6.79 Å². The van der Waals surface area contributed by atoms with Gasteiger partial charge in [-0.15, -0.1) is 0 Å². The third-order valence-corrected chi connectivity index (χ3v) is 5.87. The minimum absolute atomic E-state index is 0.0157. The lowest BCUT2D eigenvalue weighted by Gasteiger charge is -2.11. The van der Waals surface area contributed by atoms with Crippen LogP contribution in [0.5, 0.6) is 11.5 Å².